The van der Waals surface area contributed by atoms with Crippen molar-refractivity contribution in [1.82, 2.24) is 10.6 Å². The van der Waals surface area contributed by atoms with E-state index in [1.807, 2.05) is 0 Å². The lowest BCUT2D eigenvalue weighted by molar-refractivity contribution is 0.0501. The van der Waals surface area contributed by atoms with Crippen LogP contribution in [0.3, 0.4) is 0 Å². The smallest absolute Gasteiger partial charge is 0.0101 e. The van der Waals surface area contributed by atoms with Crippen molar-refractivity contribution in [2.45, 2.75) is 38.0 Å². The van der Waals surface area contributed by atoms with Gasteiger partial charge in [-0.25, -0.2) is 0 Å². The number of hydrogen-bond acceptors (Lipinski definition) is 2. The second-order valence-corrected chi connectivity index (χ2v) is 8.55. The topological polar surface area (TPSA) is 24.1 Å². The van der Waals surface area contributed by atoms with Gasteiger partial charge >= 0.3 is 0 Å². The molecule has 2 nitrogen and oxygen atoms in total. The number of hydrogen-bond donors (Lipinski definition) is 2. The molecule has 144 valence electrons. The Morgan fingerprint density at radius 3 is 1.96 bits per heavy atom. The zero-order valence-corrected chi connectivity index (χ0v) is 16.4. The van der Waals surface area contributed by atoms with Crippen LogP contribution in [0.1, 0.15) is 49.1 Å². The van der Waals surface area contributed by atoms with E-state index in [0.717, 1.165) is 43.8 Å². The normalized spacial score (nSPS) is 24.0. The summed E-state index contributed by atoms with van der Waals surface area (Å²) in [4.78, 5) is 0. The molecule has 1 atom stereocenters. The highest BCUT2D eigenvalue weighted by atomic mass is 14.9. The first kappa shape index (κ1) is 18.7. The van der Waals surface area contributed by atoms with Crippen molar-refractivity contribution >= 4 is 0 Å². The Balaban J connectivity index is 1.17. The molecule has 0 radical (unpaired) electrons. The van der Waals surface area contributed by atoms with Crippen LogP contribution in [0, 0.1) is 17.8 Å². The fraction of sp³-hybridized carbons (Fsp3) is 0.520. The summed E-state index contributed by atoms with van der Waals surface area (Å²) < 4.78 is 0. The fourth-order valence-corrected chi connectivity index (χ4v) is 5.09. The van der Waals surface area contributed by atoms with E-state index in [2.05, 4.69) is 71.3 Å². The summed E-state index contributed by atoms with van der Waals surface area (Å²) >= 11 is 0. The molecule has 2 N–H and O–H groups in total. The highest BCUT2D eigenvalue weighted by Gasteiger charge is 2.39. The van der Waals surface area contributed by atoms with Crippen molar-refractivity contribution in [3.05, 3.63) is 71.8 Å². The van der Waals surface area contributed by atoms with Crippen LogP contribution in [0.25, 0.3) is 0 Å². The summed E-state index contributed by atoms with van der Waals surface area (Å²) in [7, 11) is 0. The van der Waals surface area contributed by atoms with Gasteiger partial charge in [0.2, 0.25) is 0 Å². The van der Waals surface area contributed by atoms with Crippen LogP contribution in [0.5, 0.6) is 0 Å². The first-order chi connectivity index (χ1) is 13.4. The van der Waals surface area contributed by atoms with Crippen molar-refractivity contribution in [3.63, 3.8) is 0 Å². The molecule has 0 amide bonds. The third-order valence-corrected chi connectivity index (χ3v) is 6.78. The number of rotatable bonds is 10. The van der Waals surface area contributed by atoms with E-state index in [1.54, 1.807) is 0 Å². The third-order valence-electron chi connectivity index (χ3n) is 6.78. The molecular formula is C25H34N2. The summed E-state index contributed by atoms with van der Waals surface area (Å²) in [5.74, 6) is 3.56. The molecule has 2 bridgehead atoms. The molecule has 5 rings (SSSR count). The molecule has 3 aliphatic rings. The van der Waals surface area contributed by atoms with Gasteiger partial charge in [-0.3, -0.25) is 0 Å². The lowest BCUT2D eigenvalue weighted by atomic mass is 9.60. The molecule has 0 aliphatic heterocycles. The first-order valence-electron chi connectivity index (χ1n) is 10.9. The minimum absolute atomic E-state index is 0.474. The van der Waals surface area contributed by atoms with Gasteiger partial charge in [0.05, 0.1) is 0 Å². The van der Waals surface area contributed by atoms with Crippen molar-refractivity contribution < 1.29 is 0 Å². The Labute approximate surface area is 164 Å². The summed E-state index contributed by atoms with van der Waals surface area (Å²) in [6.45, 7) is 4.45. The maximum absolute atomic E-state index is 3.70. The molecule has 0 saturated heterocycles. The summed E-state index contributed by atoms with van der Waals surface area (Å²) in [5, 5.41) is 7.35. The molecule has 3 fully saturated rings. The van der Waals surface area contributed by atoms with Gasteiger partial charge in [-0.15, -0.1) is 0 Å². The average Bonchev–Trinajstić information content (AvgIpc) is 2.71. The highest BCUT2D eigenvalue weighted by molar-refractivity contribution is 5.32. The largest absolute Gasteiger partial charge is 0.315 e. The van der Waals surface area contributed by atoms with E-state index < -0.39 is 0 Å². The number of benzene rings is 2. The van der Waals surface area contributed by atoms with E-state index in [9.17, 15) is 0 Å². The minimum Gasteiger partial charge on any atom is -0.315 e. The van der Waals surface area contributed by atoms with Crippen molar-refractivity contribution in [1.29, 1.82) is 0 Å². The summed E-state index contributed by atoms with van der Waals surface area (Å²) in [6.07, 6.45) is 7.13. The van der Waals surface area contributed by atoms with Crippen LogP contribution in [0.2, 0.25) is 0 Å². The molecule has 2 aromatic rings. The van der Waals surface area contributed by atoms with Gasteiger partial charge in [0.25, 0.3) is 0 Å². The predicted molar refractivity (Wildman–Crippen MR) is 114 cm³/mol. The van der Waals surface area contributed by atoms with E-state index in [-0.39, 0.29) is 0 Å². The molecule has 0 unspecified atom stereocenters. The molecular weight excluding hydrogens is 328 g/mol. The van der Waals surface area contributed by atoms with Crippen LogP contribution < -0.4 is 10.6 Å². The van der Waals surface area contributed by atoms with Crippen LogP contribution in [0.15, 0.2) is 60.7 Å². The van der Waals surface area contributed by atoms with Crippen molar-refractivity contribution in [3.8, 4) is 0 Å². The van der Waals surface area contributed by atoms with Gasteiger partial charge in [0.15, 0.2) is 0 Å². The van der Waals surface area contributed by atoms with E-state index >= 15 is 0 Å². The van der Waals surface area contributed by atoms with Crippen LogP contribution in [0.4, 0.5) is 0 Å². The van der Waals surface area contributed by atoms with Gasteiger partial charge in [0, 0.05) is 19.0 Å². The number of nitrogens with one attached hydrogen (secondary N) is 2. The zero-order valence-electron chi connectivity index (χ0n) is 16.4. The second kappa shape index (κ2) is 9.52. The van der Waals surface area contributed by atoms with Gasteiger partial charge in [-0.05, 0) is 67.7 Å². The van der Waals surface area contributed by atoms with Crippen molar-refractivity contribution in [2.24, 2.45) is 17.8 Å². The number of fused-ring (bicyclic) bond motifs is 2. The lowest BCUT2D eigenvalue weighted by Crippen LogP contribution is -2.42. The molecule has 0 aromatic heterocycles. The van der Waals surface area contributed by atoms with Gasteiger partial charge in [-0.2, -0.15) is 0 Å². The van der Waals surface area contributed by atoms with Gasteiger partial charge in [-0.1, -0.05) is 67.1 Å². The Morgan fingerprint density at radius 2 is 1.37 bits per heavy atom. The molecule has 0 heterocycles. The van der Waals surface area contributed by atoms with E-state index in [4.69, 9.17) is 0 Å². The van der Waals surface area contributed by atoms with Crippen molar-refractivity contribution in [2.75, 3.05) is 26.2 Å². The second-order valence-electron chi connectivity index (χ2n) is 8.55. The standard InChI is InChI=1S/C25H34N2/c1-3-7-21(8-4-1)25(22-9-5-2-6-10-22)13-14-26-15-16-27-19-23-12-11-20-17-24(23)18-20/h1-10,20,23-27H,11-19H2/t20-,23-,24+/m0/s1. The highest BCUT2D eigenvalue weighted by Crippen LogP contribution is 2.48. The molecule has 27 heavy (non-hydrogen) atoms. The Hall–Kier alpha value is -1.64. The Kier molecular flexibility index (Phi) is 6.60. The molecule has 0 spiro atoms. The predicted octanol–water partition coefficient (Wildman–Crippen LogP) is 4.82. The Bertz CT molecular complexity index is 621. The molecule has 3 saturated carbocycles. The molecule has 3 aliphatic carbocycles. The maximum Gasteiger partial charge on any atom is 0.0101 e. The van der Waals surface area contributed by atoms with Crippen LogP contribution in [-0.4, -0.2) is 26.2 Å². The SMILES string of the molecule is c1ccc(C(CCNCCNC[C@@H]2CC[C@H]3C[C@@H]2C3)c2ccccc2)cc1. The first-order valence-corrected chi connectivity index (χ1v) is 10.9. The molecule has 2 aromatic carbocycles. The third kappa shape index (κ3) is 5.00. The minimum atomic E-state index is 0.474. The van der Waals surface area contributed by atoms with E-state index in [0.29, 0.717) is 5.92 Å². The lowest BCUT2D eigenvalue weighted by Gasteiger charge is -2.46. The zero-order chi connectivity index (χ0) is 18.3. The molecule has 2 heteroatoms. The van der Waals surface area contributed by atoms with Gasteiger partial charge in [0.1, 0.15) is 0 Å². The Morgan fingerprint density at radius 1 is 0.741 bits per heavy atom. The quantitative estimate of drug-likeness (QED) is 0.592. The summed E-state index contributed by atoms with van der Waals surface area (Å²) in [6, 6.07) is 21.8. The van der Waals surface area contributed by atoms with Crippen LogP contribution in [-0.2, 0) is 0 Å². The average molecular weight is 363 g/mol. The van der Waals surface area contributed by atoms with Gasteiger partial charge < -0.3 is 10.6 Å². The monoisotopic (exact) mass is 362 g/mol. The van der Waals surface area contributed by atoms with E-state index in [1.165, 1.54) is 43.4 Å². The summed E-state index contributed by atoms with van der Waals surface area (Å²) in [5.41, 5.74) is 2.83. The fourth-order valence-electron chi connectivity index (χ4n) is 5.09. The van der Waals surface area contributed by atoms with Crippen LogP contribution >= 0.6 is 0 Å². The maximum atomic E-state index is 3.70.